The molecule has 0 aliphatic rings. The van der Waals surface area contributed by atoms with Gasteiger partial charge in [-0.2, -0.15) is 0 Å². The minimum Gasteiger partial charge on any atom is -0.493 e. The number of ether oxygens (including phenoxy) is 2. The maximum atomic E-state index is 5.60. The molecule has 1 aromatic heterocycles. The Balaban J connectivity index is 2.69. The van der Waals surface area contributed by atoms with Crippen molar-refractivity contribution >= 4 is 5.88 Å². The van der Waals surface area contributed by atoms with Crippen LogP contribution in [0.5, 0.6) is 11.5 Å². The van der Waals surface area contributed by atoms with E-state index in [9.17, 15) is 0 Å². The van der Waals surface area contributed by atoms with Crippen molar-refractivity contribution in [3.8, 4) is 22.8 Å². The van der Waals surface area contributed by atoms with Crippen LogP contribution in [0.1, 0.15) is 26.3 Å². The molecular formula is C15H20N2O3. The van der Waals surface area contributed by atoms with Crippen LogP contribution < -0.4 is 15.2 Å². The highest BCUT2D eigenvalue weighted by Gasteiger charge is 2.22. The third kappa shape index (κ3) is 2.57. The Labute approximate surface area is 118 Å². The van der Waals surface area contributed by atoms with Crippen LogP contribution in [0.4, 0.5) is 5.88 Å². The number of nitrogens with zero attached hydrogens (tertiary/aromatic N) is 1. The summed E-state index contributed by atoms with van der Waals surface area (Å²) in [5.74, 6) is 1.55. The fourth-order valence-corrected chi connectivity index (χ4v) is 2.00. The number of aromatic nitrogens is 1. The Morgan fingerprint density at radius 2 is 1.80 bits per heavy atom. The van der Waals surface area contributed by atoms with E-state index >= 15 is 0 Å². The fraction of sp³-hybridized carbons (Fsp3) is 0.400. The number of nitrogen functional groups attached to an aromatic ring is 1. The van der Waals surface area contributed by atoms with Crippen molar-refractivity contribution in [2.45, 2.75) is 26.2 Å². The highest BCUT2D eigenvalue weighted by atomic mass is 16.5. The molecule has 0 aliphatic carbocycles. The summed E-state index contributed by atoms with van der Waals surface area (Å²) >= 11 is 0. The molecule has 0 aliphatic heterocycles. The van der Waals surface area contributed by atoms with Crippen molar-refractivity contribution in [3.05, 3.63) is 23.8 Å². The number of benzene rings is 1. The first-order valence-electron chi connectivity index (χ1n) is 6.36. The minimum atomic E-state index is -0.0242. The summed E-state index contributed by atoms with van der Waals surface area (Å²) in [5, 5.41) is 3.96. The molecule has 0 spiro atoms. The molecule has 0 saturated heterocycles. The molecule has 5 heteroatoms. The molecule has 0 bridgehead atoms. The Kier molecular flexibility index (Phi) is 3.61. The highest BCUT2D eigenvalue weighted by Crippen LogP contribution is 2.41. The molecule has 2 aromatic rings. The predicted octanol–water partition coefficient (Wildman–Crippen LogP) is 3.24. The SMILES string of the molecule is COc1cc(C(C)(C)C)cc(-c2cc(N)on2)c1OC. The Morgan fingerprint density at radius 1 is 1.10 bits per heavy atom. The van der Waals surface area contributed by atoms with Gasteiger partial charge in [-0.1, -0.05) is 25.9 Å². The van der Waals surface area contributed by atoms with E-state index < -0.39 is 0 Å². The topological polar surface area (TPSA) is 70.5 Å². The van der Waals surface area contributed by atoms with Crippen molar-refractivity contribution in [1.82, 2.24) is 5.16 Å². The Bertz CT molecular complexity index is 612. The van der Waals surface area contributed by atoms with Gasteiger partial charge < -0.3 is 19.7 Å². The molecule has 20 heavy (non-hydrogen) atoms. The van der Waals surface area contributed by atoms with Gasteiger partial charge in [0.15, 0.2) is 11.5 Å². The summed E-state index contributed by atoms with van der Waals surface area (Å²) in [4.78, 5) is 0. The van der Waals surface area contributed by atoms with Crippen molar-refractivity contribution in [2.24, 2.45) is 0 Å². The van der Waals surface area contributed by atoms with Crippen LogP contribution in [-0.4, -0.2) is 19.4 Å². The molecule has 0 fully saturated rings. The van der Waals surface area contributed by atoms with E-state index in [0.29, 0.717) is 17.2 Å². The maximum Gasteiger partial charge on any atom is 0.222 e. The van der Waals surface area contributed by atoms with E-state index in [1.165, 1.54) is 0 Å². The van der Waals surface area contributed by atoms with Gasteiger partial charge in [-0.25, -0.2) is 0 Å². The number of hydrogen-bond acceptors (Lipinski definition) is 5. The van der Waals surface area contributed by atoms with Gasteiger partial charge in [0.1, 0.15) is 5.69 Å². The number of rotatable bonds is 3. The number of nitrogens with two attached hydrogens (primary N) is 1. The lowest BCUT2D eigenvalue weighted by Crippen LogP contribution is -2.12. The van der Waals surface area contributed by atoms with Crippen molar-refractivity contribution < 1.29 is 14.0 Å². The summed E-state index contributed by atoms with van der Waals surface area (Å²) in [5.41, 5.74) is 8.13. The lowest BCUT2D eigenvalue weighted by Gasteiger charge is -2.22. The molecule has 1 heterocycles. The average molecular weight is 276 g/mol. The van der Waals surface area contributed by atoms with Gasteiger partial charge in [0.05, 0.1) is 19.8 Å². The van der Waals surface area contributed by atoms with Crippen molar-refractivity contribution in [3.63, 3.8) is 0 Å². The molecule has 1 aromatic carbocycles. The van der Waals surface area contributed by atoms with Crippen LogP contribution in [0.25, 0.3) is 11.3 Å². The summed E-state index contributed by atoms with van der Waals surface area (Å²) in [6, 6.07) is 5.67. The third-order valence-corrected chi connectivity index (χ3v) is 3.15. The normalized spacial score (nSPS) is 11.4. The van der Waals surface area contributed by atoms with E-state index in [-0.39, 0.29) is 11.3 Å². The number of anilines is 1. The van der Waals surface area contributed by atoms with Gasteiger partial charge in [-0.3, -0.25) is 0 Å². The van der Waals surface area contributed by atoms with Crippen LogP contribution in [0.3, 0.4) is 0 Å². The predicted molar refractivity (Wildman–Crippen MR) is 78.2 cm³/mol. The monoisotopic (exact) mass is 276 g/mol. The minimum absolute atomic E-state index is 0.0242. The van der Waals surface area contributed by atoms with Gasteiger partial charge >= 0.3 is 0 Å². The van der Waals surface area contributed by atoms with Gasteiger partial charge in [0.2, 0.25) is 5.88 Å². The molecule has 0 amide bonds. The van der Waals surface area contributed by atoms with Gasteiger partial charge in [-0.05, 0) is 23.1 Å². The molecule has 2 rings (SSSR count). The van der Waals surface area contributed by atoms with Gasteiger partial charge in [0.25, 0.3) is 0 Å². The number of methoxy groups -OCH3 is 2. The summed E-state index contributed by atoms with van der Waals surface area (Å²) in [6.45, 7) is 6.40. The van der Waals surface area contributed by atoms with E-state index in [2.05, 4.69) is 25.9 Å². The standard InChI is InChI=1S/C15H20N2O3/c1-15(2,3)9-6-10(11-8-13(16)20-17-11)14(19-5)12(7-9)18-4/h6-8H,16H2,1-5H3. The molecule has 2 N–H and O–H groups in total. The van der Waals surface area contributed by atoms with Crippen LogP contribution in [0.2, 0.25) is 0 Å². The van der Waals surface area contributed by atoms with Crippen LogP contribution in [-0.2, 0) is 5.41 Å². The lowest BCUT2D eigenvalue weighted by atomic mass is 9.85. The second-order valence-corrected chi connectivity index (χ2v) is 5.62. The molecule has 0 atom stereocenters. The highest BCUT2D eigenvalue weighted by molar-refractivity contribution is 5.73. The fourth-order valence-electron chi connectivity index (χ4n) is 2.00. The molecule has 0 radical (unpaired) electrons. The zero-order chi connectivity index (χ0) is 14.9. The van der Waals surface area contributed by atoms with E-state index in [1.807, 2.05) is 12.1 Å². The summed E-state index contributed by atoms with van der Waals surface area (Å²) in [7, 11) is 3.22. The van der Waals surface area contributed by atoms with E-state index in [4.69, 9.17) is 19.7 Å². The van der Waals surface area contributed by atoms with Crippen LogP contribution in [0.15, 0.2) is 22.7 Å². The molecule has 0 saturated carbocycles. The largest absolute Gasteiger partial charge is 0.493 e. The second kappa shape index (κ2) is 5.07. The summed E-state index contributed by atoms with van der Waals surface area (Å²) in [6.07, 6.45) is 0. The van der Waals surface area contributed by atoms with E-state index in [0.717, 1.165) is 11.1 Å². The Morgan fingerprint density at radius 3 is 2.25 bits per heavy atom. The molecule has 5 nitrogen and oxygen atoms in total. The van der Waals surface area contributed by atoms with Crippen molar-refractivity contribution in [2.75, 3.05) is 20.0 Å². The van der Waals surface area contributed by atoms with Gasteiger partial charge in [-0.15, -0.1) is 0 Å². The zero-order valence-electron chi connectivity index (χ0n) is 12.5. The quantitative estimate of drug-likeness (QED) is 0.931. The summed E-state index contributed by atoms with van der Waals surface area (Å²) < 4.78 is 15.8. The lowest BCUT2D eigenvalue weighted by molar-refractivity contribution is 0.354. The zero-order valence-corrected chi connectivity index (χ0v) is 12.5. The maximum absolute atomic E-state index is 5.60. The molecular weight excluding hydrogens is 256 g/mol. The molecule has 108 valence electrons. The molecule has 0 unspecified atom stereocenters. The second-order valence-electron chi connectivity index (χ2n) is 5.62. The van der Waals surface area contributed by atoms with Crippen LogP contribution in [0, 0.1) is 0 Å². The van der Waals surface area contributed by atoms with Gasteiger partial charge in [0, 0.05) is 6.07 Å². The van der Waals surface area contributed by atoms with E-state index in [1.54, 1.807) is 20.3 Å². The first kappa shape index (κ1) is 14.2. The first-order valence-corrected chi connectivity index (χ1v) is 6.36. The van der Waals surface area contributed by atoms with Crippen molar-refractivity contribution in [1.29, 1.82) is 0 Å². The number of hydrogen-bond donors (Lipinski definition) is 1. The van der Waals surface area contributed by atoms with Crippen LogP contribution >= 0.6 is 0 Å². The smallest absolute Gasteiger partial charge is 0.222 e. The Hall–Kier alpha value is -2.17. The first-order chi connectivity index (χ1) is 9.36. The average Bonchev–Trinajstić information content (AvgIpc) is 2.82. The third-order valence-electron chi connectivity index (χ3n) is 3.15.